The van der Waals surface area contributed by atoms with Crippen LogP contribution in [0.4, 0.5) is 5.82 Å². The second-order valence-corrected chi connectivity index (χ2v) is 3.75. The Morgan fingerprint density at radius 1 is 1.75 bits per heavy atom. The molecule has 12 heavy (non-hydrogen) atoms. The number of hydrogen-bond donors (Lipinski definition) is 2. The van der Waals surface area contributed by atoms with Gasteiger partial charge in [0.1, 0.15) is 0 Å². The number of rotatable bonds is 2. The number of aromatic nitrogens is 1. The van der Waals surface area contributed by atoms with E-state index in [1.165, 1.54) is 0 Å². The van der Waals surface area contributed by atoms with Crippen molar-refractivity contribution in [1.82, 2.24) is 4.98 Å². The van der Waals surface area contributed by atoms with Crippen molar-refractivity contribution in [1.29, 1.82) is 0 Å². The van der Waals surface area contributed by atoms with E-state index in [4.69, 9.17) is 4.55 Å². The zero-order valence-corrected chi connectivity index (χ0v) is 8.65. The molecule has 0 aliphatic heterocycles. The second-order valence-electron chi connectivity index (χ2n) is 2.19. The van der Waals surface area contributed by atoms with Crippen LogP contribution >= 0.6 is 15.9 Å². The van der Waals surface area contributed by atoms with Gasteiger partial charge in [0.15, 0.2) is 5.82 Å². The van der Waals surface area contributed by atoms with Crippen LogP contribution in [-0.2, 0) is 11.3 Å². The van der Waals surface area contributed by atoms with Crippen LogP contribution in [0.2, 0.25) is 0 Å². The van der Waals surface area contributed by atoms with E-state index in [1.54, 1.807) is 6.20 Å². The molecule has 1 atom stereocenters. The molecule has 2 N–H and O–H groups in total. The summed E-state index contributed by atoms with van der Waals surface area (Å²) in [7, 11) is 0. The predicted octanol–water partition coefficient (Wildman–Crippen LogP) is 1.70. The number of aryl methyl sites for hydroxylation is 1. The summed E-state index contributed by atoms with van der Waals surface area (Å²) in [6.07, 6.45) is 1.61. The normalized spacial score (nSPS) is 12.6. The van der Waals surface area contributed by atoms with Gasteiger partial charge in [-0.15, -0.1) is 0 Å². The number of nitrogens with zero attached hydrogens (tertiary/aromatic N) is 1. The van der Waals surface area contributed by atoms with E-state index in [0.29, 0.717) is 10.3 Å². The van der Waals surface area contributed by atoms with Crippen LogP contribution in [0.5, 0.6) is 0 Å². The van der Waals surface area contributed by atoms with Gasteiger partial charge in [-0.2, -0.15) is 0 Å². The average Bonchev–Trinajstić information content (AvgIpc) is 1.94. The molecule has 0 aromatic carbocycles. The van der Waals surface area contributed by atoms with Gasteiger partial charge in [0.05, 0.1) is 4.47 Å². The molecular formula is C6H7BrN2O2S. The van der Waals surface area contributed by atoms with Gasteiger partial charge < -0.3 is 0 Å². The second kappa shape index (κ2) is 3.97. The molecule has 6 heteroatoms. The quantitative estimate of drug-likeness (QED) is 0.786. The standard InChI is InChI=1S/C6H7BrN2O2S/c1-4-2-5(7)6(8-3-4)9-12(10)11/h2-3H,1H3,(H,8,9)(H,10,11). The average molecular weight is 251 g/mol. The first kappa shape index (κ1) is 9.63. The first-order valence-electron chi connectivity index (χ1n) is 3.09. The number of halogens is 1. The molecule has 0 saturated heterocycles. The lowest BCUT2D eigenvalue weighted by molar-refractivity contribution is 0.570. The first-order valence-corrected chi connectivity index (χ1v) is 4.99. The van der Waals surface area contributed by atoms with E-state index in [-0.39, 0.29) is 0 Å². The molecule has 0 fully saturated rings. The van der Waals surface area contributed by atoms with Crippen molar-refractivity contribution >= 4 is 33.0 Å². The van der Waals surface area contributed by atoms with Crippen molar-refractivity contribution in [2.24, 2.45) is 0 Å². The van der Waals surface area contributed by atoms with E-state index in [1.807, 2.05) is 13.0 Å². The highest BCUT2D eigenvalue weighted by Crippen LogP contribution is 2.20. The summed E-state index contributed by atoms with van der Waals surface area (Å²) in [6.45, 7) is 1.89. The Bertz CT molecular complexity index is 318. The highest BCUT2D eigenvalue weighted by Gasteiger charge is 2.02. The van der Waals surface area contributed by atoms with Crippen LogP contribution in [0.3, 0.4) is 0 Å². The van der Waals surface area contributed by atoms with Crippen molar-refractivity contribution < 1.29 is 8.76 Å². The summed E-state index contributed by atoms with van der Waals surface area (Å²) in [6, 6.07) is 1.81. The van der Waals surface area contributed by atoms with Crippen molar-refractivity contribution in [3.8, 4) is 0 Å². The van der Waals surface area contributed by atoms with E-state index in [2.05, 4.69) is 25.6 Å². The molecule has 66 valence electrons. The molecule has 1 heterocycles. The Morgan fingerprint density at radius 2 is 2.42 bits per heavy atom. The summed E-state index contributed by atoms with van der Waals surface area (Å²) in [4.78, 5) is 3.91. The lowest BCUT2D eigenvalue weighted by Crippen LogP contribution is -2.04. The number of hydrogen-bond acceptors (Lipinski definition) is 2. The van der Waals surface area contributed by atoms with Crippen molar-refractivity contribution in [2.75, 3.05) is 4.72 Å². The molecule has 0 spiro atoms. The Kier molecular flexibility index (Phi) is 3.19. The summed E-state index contributed by atoms with van der Waals surface area (Å²) < 4.78 is 21.8. The molecule has 0 radical (unpaired) electrons. The van der Waals surface area contributed by atoms with Crippen molar-refractivity contribution in [3.05, 3.63) is 22.3 Å². The largest absolute Gasteiger partial charge is 0.289 e. The molecular weight excluding hydrogens is 244 g/mol. The zero-order valence-electron chi connectivity index (χ0n) is 6.24. The monoisotopic (exact) mass is 250 g/mol. The topological polar surface area (TPSA) is 62.2 Å². The summed E-state index contributed by atoms with van der Waals surface area (Å²) in [5, 5.41) is 0. The summed E-state index contributed by atoms with van der Waals surface area (Å²) >= 11 is 1.13. The van der Waals surface area contributed by atoms with Crippen molar-refractivity contribution in [2.45, 2.75) is 6.92 Å². The minimum Gasteiger partial charge on any atom is -0.289 e. The van der Waals surface area contributed by atoms with Gasteiger partial charge in [0.25, 0.3) is 11.3 Å². The minimum absolute atomic E-state index is 0.362. The van der Waals surface area contributed by atoms with Crippen molar-refractivity contribution in [3.63, 3.8) is 0 Å². The predicted molar refractivity (Wildman–Crippen MR) is 51.1 cm³/mol. The van der Waals surface area contributed by atoms with Gasteiger partial charge in [-0.1, -0.05) is 0 Å². The number of anilines is 1. The van der Waals surface area contributed by atoms with Gasteiger partial charge in [0.2, 0.25) is 0 Å². The van der Waals surface area contributed by atoms with Gasteiger partial charge in [-0.3, -0.25) is 9.27 Å². The number of nitrogens with one attached hydrogen (secondary N) is 1. The van der Waals surface area contributed by atoms with Crippen LogP contribution in [0.1, 0.15) is 5.56 Å². The molecule has 4 nitrogen and oxygen atoms in total. The molecule has 0 aliphatic carbocycles. The Morgan fingerprint density at radius 3 is 2.92 bits per heavy atom. The molecule has 1 aromatic rings. The molecule has 0 saturated carbocycles. The highest BCUT2D eigenvalue weighted by atomic mass is 79.9. The maximum atomic E-state index is 10.3. The third-order valence-corrected chi connectivity index (χ3v) is 2.13. The maximum Gasteiger partial charge on any atom is 0.260 e. The van der Waals surface area contributed by atoms with Crippen LogP contribution in [0, 0.1) is 6.92 Å². The van der Waals surface area contributed by atoms with Crippen LogP contribution in [0.25, 0.3) is 0 Å². The molecule has 1 rings (SSSR count). The molecule has 0 amide bonds. The SMILES string of the molecule is Cc1cnc(NS(=O)O)c(Br)c1. The van der Waals surface area contributed by atoms with Gasteiger partial charge in [-0.05, 0) is 34.5 Å². The molecule has 1 aromatic heterocycles. The fraction of sp³-hybridized carbons (Fsp3) is 0.167. The van der Waals surface area contributed by atoms with Crippen LogP contribution in [-0.4, -0.2) is 13.7 Å². The van der Waals surface area contributed by atoms with E-state index < -0.39 is 11.3 Å². The third kappa shape index (κ3) is 2.54. The van der Waals surface area contributed by atoms with Gasteiger partial charge >= 0.3 is 0 Å². The summed E-state index contributed by atoms with van der Waals surface area (Å²) in [5.41, 5.74) is 0.983. The molecule has 1 unspecified atom stereocenters. The minimum atomic E-state index is -2.08. The van der Waals surface area contributed by atoms with E-state index >= 15 is 0 Å². The summed E-state index contributed by atoms with van der Waals surface area (Å²) in [5.74, 6) is 0.362. The van der Waals surface area contributed by atoms with E-state index in [9.17, 15) is 4.21 Å². The Labute approximate surface area is 80.9 Å². The van der Waals surface area contributed by atoms with E-state index in [0.717, 1.165) is 5.56 Å². The fourth-order valence-corrected chi connectivity index (χ4v) is 1.71. The third-order valence-electron chi connectivity index (χ3n) is 1.16. The lowest BCUT2D eigenvalue weighted by atomic mass is 10.3. The van der Waals surface area contributed by atoms with Crippen LogP contribution in [0.15, 0.2) is 16.7 Å². The van der Waals surface area contributed by atoms with Gasteiger partial charge in [-0.25, -0.2) is 9.19 Å². The first-order chi connectivity index (χ1) is 5.59. The van der Waals surface area contributed by atoms with Crippen LogP contribution < -0.4 is 4.72 Å². The smallest absolute Gasteiger partial charge is 0.260 e. The lowest BCUT2D eigenvalue weighted by Gasteiger charge is -2.02. The highest BCUT2D eigenvalue weighted by molar-refractivity contribution is 9.10. The maximum absolute atomic E-state index is 10.3. The fourth-order valence-electron chi connectivity index (χ4n) is 0.691. The Hall–Kier alpha value is -0.460. The van der Waals surface area contributed by atoms with Gasteiger partial charge in [0, 0.05) is 6.20 Å². The number of pyridine rings is 1. The molecule has 0 bridgehead atoms. The zero-order chi connectivity index (χ0) is 9.14. The Balaban J connectivity index is 2.93. The molecule has 0 aliphatic rings.